The summed E-state index contributed by atoms with van der Waals surface area (Å²) in [5.74, 6) is -0.146. The molecule has 0 unspecified atom stereocenters. The second kappa shape index (κ2) is 8.68. The highest BCUT2D eigenvalue weighted by atomic mass is 32.2. The molecule has 0 aliphatic heterocycles. The lowest BCUT2D eigenvalue weighted by Crippen LogP contribution is -2.22. The number of pyridine rings is 1. The van der Waals surface area contributed by atoms with Crippen molar-refractivity contribution in [1.29, 1.82) is 0 Å². The molecule has 0 amide bonds. The lowest BCUT2D eigenvalue weighted by molar-refractivity contribution is -0.212. The average Bonchev–Trinajstić information content (AvgIpc) is 2.79. The number of benzene rings is 3. The zero-order valence-electron chi connectivity index (χ0n) is 17.4. The van der Waals surface area contributed by atoms with Gasteiger partial charge in [0.15, 0.2) is 0 Å². The van der Waals surface area contributed by atoms with Gasteiger partial charge in [0.25, 0.3) is 10.0 Å². The molecular weight excluding hydrogens is 426 g/mol. The summed E-state index contributed by atoms with van der Waals surface area (Å²) >= 11 is 0. The molecule has 0 bridgehead atoms. The fraction of sp³-hybridized carbons (Fsp3) is 0.0833. The number of anilines is 1. The van der Waals surface area contributed by atoms with Crippen LogP contribution >= 0.6 is 0 Å². The maximum atomic E-state index is 13.2. The number of hydrogen-bond acceptors (Lipinski definition) is 6. The standard InChI is InChI=1S/C24H21N3O4S/c1-16-12-13-21(31-2)20(15-16)26-24(28)18-9-3-4-10-19(18)27-32(29,30)22-11-5-7-17-8-6-14-25-23(17)22/h3-15,27H,1-2H3,(H,26,28)/p-1. The maximum Gasteiger partial charge on any atom is 0.264 e. The third-order valence-electron chi connectivity index (χ3n) is 4.84. The van der Waals surface area contributed by atoms with Gasteiger partial charge in [-0.05, 0) is 48.7 Å². The molecule has 3 aromatic carbocycles. The molecular formula is C24H20N3O4S-. The Bertz CT molecular complexity index is 1430. The van der Waals surface area contributed by atoms with Crippen LogP contribution in [0.2, 0.25) is 0 Å². The Labute approximate surface area is 186 Å². The van der Waals surface area contributed by atoms with Gasteiger partial charge >= 0.3 is 0 Å². The van der Waals surface area contributed by atoms with Gasteiger partial charge in [0, 0.05) is 17.1 Å². The zero-order chi connectivity index (χ0) is 22.7. The highest BCUT2D eigenvalue weighted by Crippen LogP contribution is 2.30. The number of nitrogens with zero attached hydrogens (tertiary/aromatic N) is 2. The summed E-state index contributed by atoms with van der Waals surface area (Å²) in [6.45, 7) is 1.88. The highest BCUT2D eigenvalue weighted by molar-refractivity contribution is 7.93. The summed E-state index contributed by atoms with van der Waals surface area (Å²) in [4.78, 5) is 8.40. The molecule has 0 saturated heterocycles. The second-order valence-corrected chi connectivity index (χ2v) is 8.73. The highest BCUT2D eigenvalue weighted by Gasteiger charge is 2.19. The van der Waals surface area contributed by atoms with E-state index in [0.717, 1.165) is 5.56 Å². The SMILES string of the molecule is COc1ccc(C)cc1N=C([O-])c1ccccc1NS(=O)(=O)c1cccc2cccnc12. The zero-order valence-corrected chi connectivity index (χ0v) is 18.3. The van der Waals surface area contributed by atoms with Crippen LogP contribution in [0.3, 0.4) is 0 Å². The van der Waals surface area contributed by atoms with E-state index in [2.05, 4.69) is 14.7 Å². The Balaban J connectivity index is 1.75. The number of rotatable bonds is 6. The number of para-hydroxylation sites is 2. The summed E-state index contributed by atoms with van der Waals surface area (Å²) in [5.41, 5.74) is 1.87. The van der Waals surface area contributed by atoms with Crippen molar-refractivity contribution in [3.63, 3.8) is 0 Å². The molecule has 0 spiro atoms. The molecule has 1 N–H and O–H groups in total. The number of aryl methyl sites for hydroxylation is 1. The maximum absolute atomic E-state index is 13.2. The molecule has 1 heterocycles. The van der Waals surface area contributed by atoms with Gasteiger partial charge in [0.05, 0.1) is 18.3 Å². The molecule has 0 fully saturated rings. The normalized spacial score (nSPS) is 12.0. The van der Waals surface area contributed by atoms with Crippen molar-refractivity contribution in [1.82, 2.24) is 4.98 Å². The van der Waals surface area contributed by atoms with Crippen molar-refractivity contribution in [2.45, 2.75) is 11.8 Å². The summed E-state index contributed by atoms with van der Waals surface area (Å²) < 4.78 is 34.2. The minimum atomic E-state index is -4.02. The number of nitrogens with one attached hydrogen (secondary N) is 1. The van der Waals surface area contributed by atoms with Crippen molar-refractivity contribution >= 4 is 38.2 Å². The van der Waals surface area contributed by atoms with Crippen LogP contribution in [-0.2, 0) is 10.0 Å². The first-order valence-corrected chi connectivity index (χ1v) is 11.2. The first-order chi connectivity index (χ1) is 15.4. The average molecular weight is 447 g/mol. The van der Waals surface area contributed by atoms with Crippen molar-refractivity contribution in [2.24, 2.45) is 4.99 Å². The molecule has 7 nitrogen and oxygen atoms in total. The Kier molecular flexibility index (Phi) is 5.79. The van der Waals surface area contributed by atoms with Gasteiger partial charge in [0.2, 0.25) is 0 Å². The van der Waals surface area contributed by atoms with Gasteiger partial charge in [-0.15, -0.1) is 0 Å². The van der Waals surface area contributed by atoms with Crippen LogP contribution in [0.5, 0.6) is 5.75 Å². The van der Waals surface area contributed by atoms with Crippen LogP contribution < -0.4 is 14.6 Å². The van der Waals surface area contributed by atoms with Crippen LogP contribution in [0.4, 0.5) is 11.4 Å². The smallest absolute Gasteiger partial charge is 0.264 e. The molecule has 162 valence electrons. The Morgan fingerprint density at radius 3 is 2.62 bits per heavy atom. The fourth-order valence-corrected chi connectivity index (χ4v) is 4.57. The molecule has 0 atom stereocenters. The quantitative estimate of drug-likeness (QED) is 0.358. The van der Waals surface area contributed by atoms with E-state index in [1.165, 1.54) is 31.5 Å². The van der Waals surface area contributed by atoms with E-state index in [9.17, 15) is 13.5 Å². The molecule has 0 aliphatic rings. The van der Waals surface area contributed by atoms with Gasteiger partial charge in [-0.3, -0.25) is 14.7 Å². The van der Waals surface area contributed by atoms with Gasteiger partial charge in [0.1, 0.15) is 16.3 Å². The number of methoxy groups -OCH3 is 1. The molecule has 0 radical (unpaired) electrons. The van der Waals surface area contributed by atoms with Crippen molar-refractivity contribution in [3.05, 3.63) is 90.1 Å². The summed E-state index contributed by atoms with van der Waals surface area (Å²) in [5, 5.41) is 13.7. The molecule has 4 rings (SSSR count). The third-order valence-corrected chi connectivity index (χ3v) is 6.24. The van der Waals surface area contributed by atoms with E-state index in [1.54, 1.807) is 48.5 Å². The second-order valence-electron chi connectivity index (χ2n) is 7.07. The molecule has 32 heavy (non-hydrogen) atoms. The number of ether oxygens (including phenoxy) is 1. The summed E-state index contributed by atoms with van der Waals surface area (Å²) in [7, 11) is -2.52. The number of hydrogen-bond donors (Lipinski definition) is 1. The topological polar surface area (TPSA) is 104 Å². The lowest BCUT2D eigenvalue weighted by atomic mass is 10.1. The van der Waals surface area contributed by atoms with E-state index < -0.39 is 15.9 Å². The number of aliphatic imine (C=N–C) groups is 1. The van der Waals surface area contributed by atoms with Gasteiger partial charge in [-0.2, -0.15) is 0 Å². The predicted octanol–water partition coefficient (Wildman–Crippen LogP) is 3.79. The van der Waals surface area contributed by atoms with Crippen molar-refractivity contribution in [2.75, 3.05) is 11.8 Å². The van der Waals surface area contributed by atoms with E-state index in [0.29, 0.717) is 22.3 Å². The monoisotopic (exact) mass is 446 g/mol. The van der Waals surface area contributed by atoms with Crippen LogP contribution in [0, 0.1) is 6.92 Å². The van der Waals surface area contributed by atoms with Gasteiger partial charge in [-0.25, -0.2) is 8.42 Å². The van der Waals surface area contributed by atoms with E-state index in [-0.39, 0.29) is 16.1 Å². The molecule has 4 aromatic rings. The number of sulfonamides is 1. The van der Waals surface area contributed by atoms with Crippen molar-refractivity contribution in [3.8, 4) is 5.75 Å². The van der Waals surface area contributed by atoms with Crippen molar-refractivity contribution < 1.29 is 18.3 Å². The Hall–Kier alpha value is -3.91. The molecule has 1 aromatic heterocycles. The predicted molar refractivity (Wildman–Crippen MR) is 123 cm³/mol. The van der Waals surface area contributed by atoms with E-state index in [4.69, 9.17) is 4.74 Å². The van der Waals surface area contributed by atoms with E-state index in [1.807, 2.05) is 13.0 Å². The first-order valence-electron chi connectivity index (χ1n) is 9.75. The summed E-state index contributed by atoms with van der Waals surface area (Å²) in [6, 6.07) is 20.1. The van der Waals surface area contributed by atoms with E-state index >= 15 is 0 Å². The lowest BCUT2D eigenvalue weighted by Gasteiger charge is -2.18. The molecule has 0 saturated carbocycles. The minimum Gasteiger partial charge on any atom is -0.858 e. The number of fused-ring (bicyclic) bond motifs is 1. The Morgan fingerprint density at radius 1 is 1.03 bits per heavy atom. The summed E-state index contributed by atoms with van der Waals surface area (Å²) in [6.07, 6.45) is 1.53. The third kappa shape index (κ3) is 4.26. The fourth-order valence-electron chi connectivity index (χ4n) is 3.31. The molecule has 0 aliphatic carbocycles. The minimum absolute atomic E-state index is 0.0233. The largest absolute Gasteiger partial charge is 0.858 e. The van der Waals surface area contributed by atoms with Crippen LogP contribution in [0.15, 0.2) is 88.9 Å². The van der Waals surface area contributed by atoms with Crippen LogP contribution in [0.1, 0.15) is 11.1 Å². The first kappa shape index (κ1) is 21.3. The van der Waals surface area contributed by atoms with Crippen LogP contribution in [-0.4, -0.2) is 26.4 Å². The number of aromatic nitrogens is 1. The van der Waals surface area contributed by atoms with Gasteiger partial charge < -0.3 is 9.84 Å². The van der Waals surface area contributed by atoms with Gasteiger partial charge in [-0.1, -0.05) is 42.5 Å². The van der Waals surface area contributed by atoms with Crippen LogP contribution in [0.25, 0.3) is 10.9 Å². The molecule has 8 heteroatoms. The Morgan fingerprint density at radius 2 is 1.81 bits per heavy atom.